The van der Waals surface area contributed by atoms with Gasteiger partial charge in [0.25, 0.3) is 5.69 Å². The number of anilines is 1. The Kier molecular flexibility index (Phi) is 4.42. The number of nitrogens with zero attached hydrogens (tertiary/aromatic N) is 3. The number of hydrogen-bond acceptors (Lipinski definition) is 4. The molecule has 0 radical (unpaired) electrons. The fraction of sp³-hybridized carbons (Fsp3) is 0.154. The van der Waals surface area contributed by atoms with Gasteiger partial charge >= 0.3 is 0 Å². The van der Waals surface area contributed by atoms with E-state index >= 15 is 0 Å². The van der Waals surface area contributed by atoms with Crippen LogP contribution in [0.2, 0.25) is 10.0 Å². The summed E-state index contributed by atoms with van der Waals surface area (Å²) in [4.78, 5) is 16.2. The number of benzene rings is 1. The van der Waals surface area contributed by atoms with E-state index in [2.05, 4.69) is 4.98 Å². The lowest BCUT2D eigenvalue weighted by molar-refractivity contribution is -0.384. The Morgan fingerprint density at radius 2 is 1.95 bits per heavy atom. The van der Waals surface area contributed by atoms with Crippen LogP contribution in [0.1, 0.15) is 5.69 Å². The molecule has 0 atom stereocenters. The summed E-state index contributed by atoms with van der Waals surface area (Å²) < 4.78 is 0. The number of non-ortho nitro benzene ring substituents is 1. The van der Waals surface area contributed by atoms with Crippen molar-refractivity contribution in [2.24, 2.45) is 0 Å². The third kappa shape index (κ3) is 3.18. The first kappa shape index (κ1) is 14.6. The van der Waals surface area contributed by atoms with Crippen LogP contribution in [0.5, 0.6) is 0 Å². The molecular formula is C13H11Cl2N3O2. The lowest BCUT2D eigenvalue weighted by Crippen LogP contribution is -2.18. The monoisotopic (exact) mass is 311 g/mol. The zero-order chi connectivity index (χ0) is 14.7. The normalized spacial score (nSPS) is 10.3. The van der Waals surface area contributed by atoms with Gasteiger partial charge in [0.05, 0.1) is 32.9 Å². The van der Waals surface area contributed by atoms with Crippen LogP contribution in [0, 0.1) is 10.1 Å². The zero-order valence-electron chi connectivity index (χ0n) is 10.6. The van der Waals surface area contributed by atoms with Gasteiger partial charge in [-0.15, -0.1) is 0 Å². The molecule has 1 heterocycles. The topological polar surface area (TPSA) is 59.3 Å². The van der Waals surface area contributed by atoms with E-state index in [0.717, 1.165) is 5.69 Å². The molecule has 7 heteroatoms. The molecule has 0 amide bonds. The van der Waals surface area contributed by atoms with Crippen LogP contribution in [-0.4, -0.2) is 17.0 Å². The Labute approximate surface area is 125 Å². The summed E-state index contributed by atoms with van der Waals surface area (Å²) in [5.41, 5.74) is 1.26. The third-order valence-electron chi connectivity index (χ3n) is 2.72. The van der Waals surface area contributed by atoms with Crippen molar-refractivity contribution in [1.29, 1.82) is 0 Å². The Bertz CT molecular complexity index is 612. The van der Waals surface area contributed by atoms with E-state index < -0.39 is 4.92 Å². The van der Waals surface area contributed by atoms with Crippen molar-refractivity contribution < 1.29 is 4.92 Å². The average Bonchev–Trinajstić information content (AvgIpc) is 2.38. The van der Waals surface area contributed by atoms with Crippen LogP contribution >= 0.6 is 23.2 Å². The Morgan fingerprint density at radius 1 is 1.30 bits per heavy atom. The van der Waals surface area contributed by atoms with Crippen molar-refractivity contribution in [3.05, 3.63) is 62.4 Å². The Balaban J connectivity index is 2.30. The number of hydrogen-bond donors (Lipinski definition) is 0. The zero-order valence-corrected chi connectivity index (χ0v) is 12.1. The molecule has 0 bridgehead atoms. The van der Waals surface area contributed by atoms with Crippen LogP contribution in [0.25, 0.3) is 0 Å². The average molecular weight is 312 g/mol. The molecule has 1 aromatic heterocycles. The van der Waals surface area contributed by atoms with Crippen molar-refractivity contribution in [2.75, 3.05) is 11.9 Å². The second kappa shape index (κ2) is 6.07. The summed E-state index contributed by atoms with van der Waals surface area (Å²) in [6.45, 7) is 0.498. The van der Waals surface area contributed by atoms with Crippen LogP contribution < -0.4 is 4.90 Å². The molecular weight excluding hydrogens is 301 g/mol. The fourth-order valence-electron chi connectivity index (χ4n) is 1.84. The van der Waals surface area contributed by atoms with Crippen LogP contribution in [0.15, 0.2) is 36.5 Å². The van der Waals surface area contributed by atoms with E-state index in [1.165, 1.54) is 12.1 Å². The summed E-state index contributed by atoms with van der Waals surface area (Å²) in [5, 5.41) is 11.2. The van der Waals surface area contributed by atoms with Crippen LogP contribution in [-0.2, 0) is 6.54 Å². The molecule has 0 N–H and O–H groups in total. The predicted molar refractivity (Wildman–Crippen MR) is 79.5 cm³/mol. The lowest BCUT2D eigenvalue weighted by atomic mass is 10.2. The maximum Gasteiger partial charge on any atom is 0.272 e. The molecule has 5 nitrogen and oxygen atoms in total. The molecule has 1 aromatic carbocycles. The summed E-state index contributed by atoms with van der Waals surface area (Å²) >= 11 is 12.2. The van der Waals surface area contributed by atoms with Gasteiger partial charge in [-0.1, -0.05) is 29.3 Å². The van der Waals surface area contributed by atoms with E-state index in [0.29, 0.717) is 12.2 Å². The summed E-state index contributed by atoms with van der Waals surface area (Å²) in [6, 6.07) is 8.17. The van der Waals surface area contributed by atoms with Crippen molar-refractivity contribution in [1.82, 2.24) is 4.98 Å². The molecule has 0 spiro atoms. The first-order valence-corrected chi connectivity index (χ1v) is 6.49. The second-order valence-corrected chi connectivity index (χ2v) is 5.01. The molecule has 20 heavy (non-hydrogen) atoms. The van der Waals surface area contributed by atoms with Gasteiger partial charge in [0.1, 0.15) is 0 Å². The number of aromatic nitrogens is 1. The number of nitro groups is 1. The van der Waals surface area contributed by atoms with Crippen LogP contribution in [0.4, 0.5) is 11.4 Å². The van der Waals surface area contributed by atoms with E-state index in [-0.39, 0.29) is 15.7 Å². The standard InChI is InChI=1S/C13H11Cl2N3O2/c1-17(8-9-4-2-3-5-16-9)13-11(14)6-10(18(19)20)7-12(13)15/h2-7H,8H2,1H3. The fourth-order valence-corrected chi connectivity index (χ4v) is 2.60. The van der Waals surface area contributed by atoms with Gasteiger partial charge in [-0.2, -0.15) is 0 Å². The highest BCUT2D eigenvalue weighted by Crippen LogP contribution is 2.37. The van der Waals surface area contributed by atoms with E-state index in [1.807, 2.05) is 18.2 Å². The largest absolute Gasteiger partial charge is 0.366 e. The first-order valence-electron chi connectivity index (χ1n) is 5.73. The Morgan fingerprint density at radius 3 is 2.45 bits per heavy atom. The summed E-state index contributed by atoms with van der Waals surface area (Å²) in [7, 11) is 1.80. The maximum absolute atomic E-state index is 10.7. The minimum Gasteiger partial charge on any atom is -0.366 e. The smallest absolute Gasteiger partial charge is 0.272 e. The second-order valence-electron chi connectivity index (χ2n) is 4.19. The molecule has 0 aliphatic rings. The van der Waals surface area contributed by atoms with Gasteiger partial charge < -0.3 is 4.90 Å². The minimum absolute atomic E-state index is 0.130. The van der Waals surface area contributed by atoms with Gasteiger partial charge in [0.15, 0.2) is 0 Å². The van der Waals surface area contributed by atoms with Gasteiger partial charge in [0.2, 0.25) is 0 Å². The number of pyridine rings is 1. The molecule has 0 fully saturated rings. The van der Waals surface area contributed by atoms with E-state index in [1.54, 1.807) is 18.1 Å². The highest BCUT2D eigenvalue weighted by atomic mass is 35.5. The summed E-state index contributed by atoms with van der Waals surface area (Å²) in [5.74, 6) is 0. The van der Waals surface area contributed by atoms with Crippen molar-refractivity contribution in [3.63, 3.8) is 0 Å². The minimum atomic E-state index is -0.527. The molecule has 0 aliphatic carbocycles. The quantitative estimate of drug-likeness (QED) is 0.634. The van der Waals surface area contributed by atoms with Crippen molar-refractivity contribution in [2.45, 2.75) is 6.54 Å². The molecule has 0 unspecified atom stereocenters. The highest BCUT2D eigenvalue weighted by molar-refractivity contribution is 6.39. The molecule has 2 rings (SSSR count). The van der Waals surface area contributed by atoms with Crippen molar-refractivity contribution >= 4 is 34.6 Å². The molecule has 0 saturated heterocycles. The molecule has 104 valence electrons. The Hall–Kier alpha value is -1.85. The highest BCUT2D eigenvalue weighted by Gasteiger charge is 2.17. The van der Waals surface area contributed by atoms with Gasteiger partial charge in [0, 0.05) is 25.4 Å². The summed E-state index contributed by atoms with van der Waals surface area (Å²) in [6.07, 6.45) is 1.70. The third-order valence-corrected chi connectivity index (χ3v) is 3.30. The SMILES string of the molecule is CN(Cc1ccccn1)c1c(Cl)cc([N+](=O)[O-])cc1Cl. The number of halogens is 2. The molecule has 2 aromatic rings. The molecule has 0 saturated carbocycles. The lowest BCUT2D eigenvalue weighted by Gasteiger charge is -2.21. The maximum atomic E-state index is 10.7. The number of nitro benzene ring substituents is 1. The van der Waals surface area contributed by atoms with Gasteiger partial charge in [-0.25, -0.2) is 0 Å². The van der Waals surface area contributed by atoms with Gasteiger partial charge in [-0.3, -0.25) is 15.1 Å². The molecule has 0 aliphatic heterocycles. The van der Waals surface area contributed by atoms with Crippen LogP contribution in [0.3, 0.4) is 0 Å². The van der Waals surface area contributed by atoms with Crippen molar-refractivity contribution in [3.8, 4) is 0 Å². The predicted octanol–water partition coefficient (Wildman–Crippen LogP) is 3.93. The first-order chi connectivity index (χ1) is 9.49. The van der Waals surface area contributed by atoms with E-state index in [9.17, 15) is 10.1 Å². The van der Waals surface area contributed by atoms with E-state index in [4.69, 9.17) is 23.2 Å². The van der Waals surface area contributed by atoms with Gasteiger partial charge in [-0.05, 0) is 12.1 Å². The number of rotatable bonds is 4.